The molecule has 3 nitrogen and oxygen atoms in total. The lowest BCUT2D eigenvalue weighted by atomic mass is 9.73. The zero-order valence-electron chi connectivity index (χ0n) is 11.4. The Hall–Kier alpha value is -0.570. The van der Waals surface area contributed by atoms with Gasteiger partial charge in [0, 0.05) is 12.1 Å². The summed E-state index contributed by atoms with van der Waals surface area (Å²) in [5, 5.41) is 6.60. The van der Waals surface area contributed by atoms with E-state index in [0.29, 0.717) is 17.5 Å². The van der Waals surface area contributed by atoms with Gasteiger partial charge in [-0.3, -0.25) is 4.79 Å². The highest BCUT2D eigenvalue weighted by atomic mass is 16.2. The van der Waals surface area contributed by atoms with Crippen LogP contribution >= 0.6 is 0 Å². The maximum Gasteiger partial charge on any atom is 0.237 e. The molecule has 0 radical (unpaired) electrons. The molecule has 0 saturated heterocycles. The predicted octanol–water partition coefficient (Wildman–Crippen LogP) is 2.21. The van der Waals surface area contributed by atoms with E-state index in [0.717, 1.165) is 12.8 Å². The molecule has 0 heterocycles. The summed E-state index contributed by atoms with van der Waals surface area (Å²) >= 11 is 0. The van der Waals surface area contributed by atoms with Crippen molar-refractivity contribution >= 4 is 5.91 Å². The maximum atomic E-state index is 11.9. The summed E-state index contributed by atoms with van der Waals surface area (Å²) in [5.41, 5.74) is 0.326. The molecule has 3 heteroatoms. The molecule has 2 fully saturated rings. The third-order valence-corrected chi connectivity index (χ3v) is 4.28. The van der Waals surface area contributed by atoms with Crippen LogP contribution in [0.5, 0.6) is 0 Å². The Labute approximate surface area is 105 Å². The number of amides is 1. The minimum Gasteiger partial charge on any atom is -0.352 e. The van der Waals surface area contributed by atoms with Crippen molar-refractivity contribution in [2.45, 2.75) is 77.4 Å². The molecule has 2 aliphatic carbocycles. The average molecular weight is 238 g/mol. The first kappa shape index (κ1) is 12.9. The number of nitrogens with one attached hydrogen (secondary N) is 2. The first-order chi connectivity index (χ1) is 7.99. The third kappa shape index (κ3) is 3.44. The van der Waals surface area contributed by atoms with Crippen LogP contribution in [0.25, 0.3) is 0 Å². The van der Waals surface area contributed by atoms with Gasteiger partial charge >= 0.3 is 0 Å². The second kappa shape index (κ2) is 4.97. The molecular formula is C14H26N2O. The van der Waals surface area contributed by atoms with E-state index in [1.165, 1.54) is 25.7 Å². The van der Waals surface area contributed by atoms with Gasteiger partial charge in [-0.15, -0.1) is 0 Å². The van der Waals surface area contributed by atoms with Gasteiger partial charge in [-0.05, 0) is 38.0 Å². The van der Waals surface area contributed by atoms with E-state index in [2.05, 4.69) is 24.5 Å². The zero-order chi connectivity index (χ0) is 12.5. The molecule has 0 aliphatic heterocycles. The van der Waals surface area contributed by atoms with Crippen LogP contribution in [0.1, 0.15) is 59.3 Å². The minimum atomic E-state index is -0.0574. The number of rotatable bonds is 4. The van der Waals surface area contributed by atoms with Crippen molar-refractivity contribution < 1.29 is 4.79 Å². The fraction of sp³-hybridized carbons (Fsp3) is 0.929. The van der Waals surface area contributed by atoms with Crippen molar-refractivity contribution in [3.8, 4) is 0 Å². The number of hydrogen-bond donors (Lipinski definition) is 2. The molecule has 98 valence electrons. The highest BCUT2D eigenvalue weighted by Gasteiger charge is 2.34. The Bertz CT molecular complexity index is 284. The van der Waals surface area contributed by atoms with Crippen molar-refractivity contribution in [2.75, 3.05) is 0 Å². The molecule has 2 N–H and O–H groups in total. The van der Waals surface area contributed by atoms with E-state index in [4.69, 9.17) is 0 Å². The Balaban J connectivity index is 1.83. The lowest BCUT2D eigenvalue weighted by Crippen LogP contribution is -2.52. The molecule has 17 heavy (non-hydrogen) atoms. The van der Waals surface area contributed by atoms with E-state index >= 15 is 0 Å². The number of hydrogen-bond acceptors (Lipinski definition) is 2. The van der Waals surface area contributed by atoms with Crippen LogP contribution in [0.3, 0.4) is 0 Å². The van der Waals surface area contributed by atoms with Crippen LogP contribution in [0.2, 0.25) is 0 Å². The summed E-state index contributed by atoms with van der Waals surface area (Å²) in [7, 11) is 0. The minimum absolute atomic E-state index is 0.0574. The van der Waals surface area contributed by atoms with Gasteiger partial charge in [-0.1, -0.05) is 26.7 Å². The lowest BCUT2D eigenvalue weighted by molar-refractivity contribution is -0.123. The normalized spacial score (nSPS) is 29.7. The maximum absolute atomic E-state index is 11.9. The molecule has 2 aliphatic rings. The largest absolute Gasteiger partial charge is 0.352 e. The first-order valence-corrected chi connectivity index (χ1v) is 7.05. The SMILES string of the molecule is CC(NC1CCCCC1(C)C)C(=O)NC1CC1. The van der Waals surface area contributed by atoms with Gasteiger partial charge in [0.25, 0.3) is 0 Å². The summed E-state index contributed by atoms with van der Waals surface area (Å²) in [6.45, 7) is 6.62. The Kier molecular flexibility index (Phi) is 3.76. The summed E-state index contributed by atoms with van der Waals surface area (Å²) in [6.07, 6.45) is 7.41. The summed E-state index contributed by atoms with van der Waals surface area (Å²) in [6, 6.07) is 0.889. The van der Waals surface area contributed by atoms with Crippen molar-refractivity contribution in [3.05, 3.63) is 0 Å². The fourth-order valence-electron chi connectivity index (χ4n) is 2.73. The van der Waals surface area contributed by atoms with Crippen molar-refractivity contribution in [1.82, 2.24) is 10.6 Å². The highest BCUT2D eigenvalue weighted by molar-refractivity contribution is 5.81. The summed E-state index contributed by atoms with van der Waals surface area (Å²) < 4.78 is 0. The van der Waals surface area contributed by atoms with Gasteiger partial charge in [0.1, 0.15) is 0 Å². The molecule has 2 rings (SSSR count). The fourth-order valence-corrected chi connectivity index (χ4v) is 2.73. The molecule has 1 amide bonds. The van der Waals surface area contributed by atoms with Gasteiger partial charge < -0.3 is 10.6 Å². The van der Waals surface area contributed by atoms with E-state index in [1.807, 2.05) is 6.92 Å². The summed E-state index contributed by atoms with van der Waals surface area (Å²) in [4.78, 5) is 11.9. The molecule has 0 bridgehead atoms. The van der Waals surface area contributed by atoms with Gasteiger partial charge in [-0.2, -0.15) is 0 Å². The van der Waals surface area contributed by atoms with Crippen LogP contribution in [-0.2, 0) is 4.79 Å². The quantitative estimate of drug-likeness (QED) is 0.788. The second-order valence-corrected chi connectivity index (χ2v) is 6.46. The van der Waals surface area contributed by atoms with Crippen molar-refractivity contribution in [1.29, 1.82) is 0 Å². The summed E-state index contributed by atoms with van der Waals surface area (Å²) in [5.74, 6) is 0.175. The zero-order valence-corrected chi connectivity index (χ0v) is 11.4. The lowest BCUT2D eigenvalue weighted by Gasteiger charge is -2.40. The van der Waals surface area contributed by atoms with E-state index in [9.17, 15) is 4.79 Å². The average Bonchev–Trinajstić information content (AvgIpc) is 3.04. The van der Waals surface area contributed by atoms with Crippen LogP contribution < -0.4 is 10.6 Å². The van der Waals surface area contributed by atoms with Gasteiger partial charge in [0.15, 0.2) is 0 Å². The highest BCUT2D eigenvalue weighted by Crippen LogP contribution is 2.35. The molecule has 2 unspecified atom stereocenters. The Morgan fingerprint density at radius 1 is 1.24 bits per heavy atom. The Morgan fingerprint density at radius 3 is 2.53 bits per heavy atom. The van der Waals surface area contributed by atoms with Gasteiger partial charge in [0.2, 0.25) is 5.91 Å². The topological polar surface area (TPSA) is 41.1 Å². The first-order valence-electron chi connectivity index (χ1n) is 7.05. The van der Waals surface area contributed by atoms with E-state index < -0.39 is 0 Å². The molecule has 0 spiro atoms. The number of carbonyl (C=O) groups is 1. The Morgan fingerprint density at radius 2 is 1.94 bits per heavy atom. The third-order valence-electron chi connectivity index (χ3n) is 4.28. The van der Waals surface area contributed by atoms with Crippen LogP contribution in [0, 0.1) is 5.41 Å². The van der Waals surface area contributed by atoms with E-state index in [1.54, 1.807) is 0 Å². The predicted molar refractivity (Wildman–Crippen MR) is 69.8 cm³/mol. The van der Waals surface area contributed by atoms with Crippen LogP contribution in [0.15, 0.2) is 0 Å². The smallest absolute Gasteiger partial charge is 0.237 e. The van der Waals surface area contributed by atoms with Gasteiger partial charge in [-0.25, -0.2) is 0 Å². The molecule has 2 saturated carbocycles. The molecular weight excluding hydrogens is 212 g/mol. The second-order valence-electron chi connectivity index (χ2n) is 6.46. The van der Waals surface area contributed by atoms with Crippen molar-refractivity contribution in [2.24, 2.45) is 5.41 Å². The monoisotopic (exact) mass is 238 g/mol. The standard InChI is InChI=1S/C14H26N2O/c1-10(13(17)16-11-7-8-11)15-12-6-4-5-9-14(12,2)3/h10-12,15H,4-9H2,1-3H3,(H,16,17). The molecule has 0 aromatic heterocycles. The van der Waals surface area contributed by atoms with Crippen LogP contribution in [-0.4, -0.2) is 24.0 Å². The van der Waals surface area contributed by atoms with Crippen molar-refractivity contribution in [3.63, 3.8) is 0 Å². The van der Waals surface area contributed by atoms with Crippen LogP contribution in [0.4, 0.5) is 0 Å². The van der Waals surface area contributed by atoms with E-state index in [-0.39, 0.29) is 11.9 Å². The van der Waals surface area contributed by atoms with Gasteiger partial charge in [0.05, 0.1) is 6.04 Å². The molecule has 2 atom stereocenters. The number of carbonyl (C=O) groups excluding carboxylic acids is 1. The molecule has 0 aromatic rings. The molecule has 0 aromatic carbocycles.